The van der Waals surface area contributed by atoms with Crippen LogP contribution in [0.25, 0.3) is 22.8 Å². The lowest BCUT2D eigenvalue weighted by atomic mass is 10.1. The van der Waals surface area contributed by atoms with Gasteiger partial charge in [0, 0.05) is 12.0 Å². The van der Waals surface area contributed by atoms with Crippen LogP contribution in [0.4, 0.5) is 5.69 Å². The van der Waals surface area contributed by atoms with Crippen molar-refractivity contribution in [3.63, 3.8) is 0 Å². The molecular formula is C19H19N3O3. The Morgan fingerprint density at radius 2 is 1.92 bits per heavy atom. The third-order valence-corrected chi connectivity index (χ3v) is 3.68. The number of aromatic nitrogens is 2. The number of methoxy groups -OCH3 is 1. The summed E-state index contributed by atoms with van der Waals surface area (Å²) in [5.41, 5.74) is 2.17. The van der Waals surface area contributed by atoms with E-state index >= 15 is 0 Å². The summed E-state index contributed by atoms with van der Waals surface area (Å²) in [6.07, 6.45) is 1.26. The number of nitrogens with zero attached hydrogens (tertiary/aromatic N) is 2. The van der Waals surface area contributed by atoms with Gasteiger partial charge in [0.05, 0.1) is 18.4 Å². The molecule has 0 radical (unpaired) electrons. The zero-order chi connectivity index (χ0) is 17.6. The quantitative estimate of drug-likeness (QED) is 0.731. The Morgan fingerprint density at radius 1 is 1.16 bits per heavy atom. The second-order valence-corrected chi connectivity index (χ2v) is 5.50. The van der Waals surface area contributed by atoms with Crippen molar-refractivity contribution in [2.24, 2.45) is 0 Å². The lowest BCUT2D eigenvalue weighted by molar-refractivity contribution is -0.116. The molecule has 6 heteroatoms. The van der Waals surface area contributed by atoms with E-state index in [2.05, 4.69) is 15.5 Å². The van der Waals surface area contributed by atoms with Crippen LogP contribution < -0.4 is 10.1 Å². The van der Waals surface area contributed by atoms with Crippen molar-refractivity contribution in [2.75, 3.05) is 12.4 Å². The average molecular weight is 337 g/mol. The number of hydrogen-bond donors (Lipinski definition) is 1. The monoisotopic (exact) mass is 337 g/mol. The topological polar surface area (TPSA) is 77.2 Å². The zero-order valence-corrected chi connectivity index (χ0v) is 14.2. The first kappa shape index (κ1) is 16.7. The maximum atomic E-state index is 11.9. The van der Waals surface area contributed by atoms with E-state index in [1.807, 2.05) is 55.5 Å². The van der Waals surface area contributed by atoms with E-state index in [-0.39, 0.29) is 5.91 Å². The third-order valence-electron chi connectivity index (χ3n) is 3.68. The molecule has 1 heterocycles. The highest BCUT2D eigenvalue weighted by molar-refractivity contribution is 5.94. The molecular weight excluding hydrogens is 318 g/mol. The van der Waals surface area contributed by atoms with Crippen LogP contribution in [0.2, 0.25) is 0 Å². The van der Waals surface area contributed by atoms with Crippen molar-refractivity contribution in [1.82, 2.24) is 10.1 Å². The lowest BCUT2D eigenvalue weighted by Gasteiger charge is -2.07. The first-order chi connectivity index (χ1) is 12.2. The molecule has 0 spiro atoms. The number of para-hydroxylation sites is 1. The number of ether oxygens (including phenoxy) is 1. The summed E-state index contributed by atoms with van der Waals surface area (Å²) in [5, 5.41) is 6.93. The van der Waals surface area contributed by atoms with Crippen LogP contribution in [0.3, 0.4) is 0 Å². The molecule has 0 aliphatic heterocycles. The van der Waals surface area contributed by atoms with Gasteiger partial charge in [-0.2, -0.15) is 4.98 Å². The van der Waals surface area contributed by atoms with Crippen molar-refractivity contribution in [2.45, 2.75) is 19.8 Å². The highest BCUT2D eigenvalue weighted by Gasteiger charge is 2.15. The fraction of sp³-hybridized carbons (Fsp3) is 0.211. The molecule has 0 saturated heterocycles. The standard InChI is InChI=1S/C19H19N3O3/c1-3-6-17(23)20-16-8-5-4-7-15(16)19-21-18(22-25-19)13-9-11-14(24-2)12-10-13/h4-5,7-12H,3,6H2,1-2H3,(H,20,23). The Morgan fingerprint density at radius 3 is 2.64 bits per heavy atom. The number of benzene rings is 2. The molecule has 6 nitrogen and oxygen atoms in total. The van der Waals surface area contributed by atoms with Crippen LogP contribution in [-0.4, -0.2) is 23.2 Å². The van der Waals surface area contributed by atoms with Crippen LogP contribution in [0, 0.1) is 0 Å². The van der Waals surface area contributed by atoms with Gasteiger partial charge in [0.25, 0.3) is 5.89 Å². The second-order valence-electron chi connectivity index (χ2n) is 5.50. The predicted octanol–water partition coefficient (Wildman–Crippen LogP) is 4.15. The first-order valence-corrected chi connectivity index (χ1v) is 8.08. The highest BCUT2D eigenvalue weighted by atomic mass is 16.5. The Hall–Kier alpha value is -3.15. The van der Waals surface area contributed by atoms with Crippen LogP contribution in [0.1, 0.15) is 19.8 Å². The highest BCUT2D eigenvalue weighted by Crippen LogP contribution is 2.29. The third kappa shape index (κ3) is 3.85. The molecule has 0 saturated carbocycles. The molecule has 0 aliphatic carbocycles. The Balaban J connectivity index is 1.88. The van der Waals surface area contributed by atoms with Gasteiger partial charge in [-0.3, -0.25) is 4.79 Å². The summed E-state index contributed by atoms with van der Waals surface area (Å²) in [4.78, 5) is 16.3. The summed E-state index contributed by atoms with van der Waals surface area (Å²) in [6.45, 7) is 1.96. The fourth-order valence-corrected chi connectivity index (χ4v) is 2.41. The largest absolute Gasteiger partial charge is 0.497 e. The van der Waals surface area contributed by atoms with Gasteiger partial charge >= 0.3 is 0 Å². The number of carbonyl (C=O) groups excluding carboxylic acids is 1. The molecule has 0 atom stereocenters. The molecule has 3 aromatic rings. The minimum atomic E-state index is -0.0372. The molecule has 0 aliphatic rings. The van der Waals surface area contributed by atoms with E-state index in [0.29, 0.717) is 29.4 Å². The van der Waals surface area contributed by atoms with Crippen molar-refractivity contribution in [3.05, 3.63) is 48.5 Å². The van der Waals surface area contributed by atoms with Crippen LogP contribution in [0.15, 0.2) is 53.1 Å². The van der Waals surface area contributed by atoms with Gasteiger partial charge in [-0.05, 0) is 42.8 Å². The van der Waals surface area contributed by atoms with E-state index < -0.39 is 0 Å². The molecule has 1 amide bonds. The van der Waals surface area contributed by atoms with Gasteiger partial charge in [-0.25, -0.2) is 0 Å². The van der Waals surface area contributed by atoms with E-state index in [1.54, 1.807) is 7.11 Å². The van der Waals surface area contributed by atoms with Crippen LogP contribution in [-0.2, 0) is 4.79 Å². The Kier molecular flexibility index (Phi) is 5.09. The van der Waals surface area contributed by atoms with E-state index in [4.69, 9.17) is 9.26 Å². The smallest absolute Gasteiger partial charge is 0.260 e. The summed E-state index contributed by atoms with van der Waals surface area (Å²) >= 11 is 0. The number of carbonyl (C=O) groups is 1. The predicted molar refractivity (Wildman–Crippen MR) is 95.3 cm³/mol. The summed E-state index contributed by atoms with van der Waals surface area (Å²) < 4.78 is 10.5. The second kappa shape index (κ2) is 7.61. The number of hydrogen-bond acceptors (Lipinski definition) is 5. The maximum Gasteiger partial charge on any atom is 0.260 e. The molecule has 3 rings (SSSR count). The zero-order valence-electron chi connectivity index (χ0n) is 14.2. The molecule has 0 unspecified atom stereocenters. The molecule has 0 bridgehead atoms. The van der Waals surface area contributed by atoms with Gasteiger partial charge in [0.2, 0.25) is 11.7 Å². The minimum Gasteiger partial charge on any atom is -0.497 e. The number of amides is 1. The molecule has 0 fully saturated rings. The van der Waals surface area contributed by atoms with Gasteiger partial charge in [-0.15, -0.1) is 0 Å². The maximum absolute atomic E-state index is 11.9. The van der Waals surface area contributed by atoms with Gasteiger partial charge in [-0.1, -0.05) is 24.2 Å². The normalized spacial score (nSPS) is 10.5. The lowest BCUT2D eigenvalue weighted by Crippen LogP contribution is -2.11. The summed E-state index contributed by atoms with van der Waals surface area (Å²) in [7, 11) is 1.62. The van der Waals surface area contributed by atoms with Crippen LogP contribution >= 0.6 is 0 Å². The molecule has 128 valence electrons. The van der Waals surface area contributed by atoms with Gasteiger partial charge < -0.3 is 14.6 Å². The summed E-state index contributed by atoms with van der Waals surface area (Å²) in [6, 6.07) is 14.8. The minimum absolute atomic E-state index is 0.0372. The molecule has 25 heavy (non-hydrogen) atoms. The van der Waals surface area contributed by atoms with E-state index in [9.17, 15) is 4.79 Å². The molecule has 1 N–H and O–H groups in total. The van der Waals surface area contributed by atoms with E-state index in [1.165, 1.54) is 0 Å². The Labute approximate surface area is 145 Å². The SMILES string of the molecule is CCCC(=O)Nc1ccccc1-c1nc(-c2ccc(OC)cc2)no1. The average Bonchev–Trinajstić information content (AvgIpc) is 3.12. The first-order valence-electron chi connectivity index (χ1n) is 8.08. The van der Waals surface area contributed by atoms with Crippen molar-refractivity contribution in [3.8, 4) is 28.6 Å². The van der Waals surface area contributed by atoms with Crippen molar-refractivity contribution in [1.29, 1.82) is 0 Å². The molecule has 1 aromatic heterocycles. The fourth-order valence-electron chi connectivity index (χ4n) is 2.41. The van der Waals surface area contributed by atoms with Gasteiger partial charge in [0.15, 0.2) is 0 Å². The number of nitrogens with one attached hydrogen (secondary N) is 1. The van der Waals surface area contributed by atoms with Crippen molar-refractivity contribution >= 4 is 11.6 Å². The molecule has 2 aromatic carbocycles. The summed E-state index contributed by atoms with van der Waals surface area (Å²) in [5.74, 6) is 1.56. The van der Waals surface area contributed by atoms with Crippen molar-refractivity contribution < 1.29 is 14.1 Å². The van der Waals surface area contributed by atoms with Gasteiger partial charge in [0.1, 0.15) is 5.75 Å². The Bertz CT molecular complexity index is 856. The van der Waals surface area contributed by atoms with Crippen LogP contribution in [0.5, 0.6) is 5.75 Å². The van der Waals surface area contributed by atoms with E-state index in [0.717, 1.165) is 17.7 Å². The number of rotatable bonds is 6. The number of anilines is 1.